The van der Waals surface area contributed by atoms with Crippen molar-refractivity contribution in [1.29, 1.82) is 0 Å². The van der Waals surface area contributed by atoms with E-state index >= 15 is 0 Å². The lowest BCUT2D eigenvalue weighted by atomic mass is 9.99. The standard InChI is InChI=1S/C17H27N3O3S/c1-3-14(2)16(18)17(21)19-9-11-20(12-10-19)24(22,23)13-15-7-5-4-6-8-15/h4-8,14,16H,3,9-13,18H2,1-2H3. The summed E-state index contributed by atoms with van der Waals surface area (Å²) < 4.78 is 26.5. The molecule has 1 saturated heterocycles. The zero-order valence-electron chi connectivity index (χ0n) is 14.4. The first kappa shape index (κ1) is 18.9. The fourth-order valence-electron chi connectivity index (χ4n) is 2.77. The molecule has 1 aliphatic heterocycles. The van der Waals surface area contributed by atoms with E-state index in [2.05, 4.69) is 0 Å². The van der Waals surface area contributed by atoms with Gasteiger partial charge in [-0.2, -0.15) is 4.31 Å². The lowest BCUT2D eigenvalue weighted by Crippen LogP contribution is -2.55. The second-order valence-electron chi connectivity index (χ2n) is 6.38. The van der Waals surface area contributed by atoms with Gasteiger partial charge in [-0.05, 0) is 11.5 Å². The molecule has 2 unspecified atom stereocenters. The highest BCUT2D eigenvalue weighted by molar-refractivity contribution is 7.88. The van der Waals surface area contributed by atoms with E-state index in [1.165, 1.54) is 4.31 Å². The molecule has 134 valence electrons. The molecule has 1 aliphatic rings. The molecule has 2 atom stereocenters. The molecule has 0 bridgehead atoms. The Morgan fingerprint density at radius 3 is 2.29 bits per heavy atom. The maximum absolute atomic E-state index is 12.5. The predicted octanol–water partition coefficient (Wildman–Crippen LogP) is 1.03. The van der Waals surface area contributed by atoms with Crippen molar-refractivity contribution in [1.82, 2.24) is 9.21 Å². The van der Waals surface area contributed by atoms with Crippen LogP contribution in [-0.4, -0.2) is 55.8 Å². The van der Waals surface area contributed by atoms with E-state index in [-0.39, 0.29) is 17.6 Å². The minimum atomic E-state index is -3.36. The summed E-state index contributed by atoms with van der Waals surface area (Å²) in [5.74, 6) is 0.0375. The van der Waals surface area contributed by atoms with Crippen molar-refractivity contribution >= 4 is 15.9 Å². The summed E-state index contributed by atoms with van der Waals surface area (Å²) in [5.41, 5.74) is 6.77. The summed E-state index contributed by atoms with van der Waals surface area (Å²) in [6, 6.07) is 8.63. The largest absolute Gasteiger partial charge is 0.339 e. The number of benzene rings is 1. The molecule has 0 saturated carbocycles. The van der Waals surface area contributed by atoms with Crippen LogP contribution in [0.4, 0.5) is 0 Å². The number of amides is 1. The van der Waals surface area contributed by atoms with Gasteiger partial charge in [0.05, 0.1) is 11.8 Å². The van der Waals surface area contributed by atoms with Gasteiger partial charge in [-0.15, -0.1) is 0 Å². The molecule has 0 aromatic heterocycles. The van der Waals surface area contributed by atoms with E-state index in [0.717, 1.165) is 12.0 Å². The minimum absolute atomic E-state index is 0.00578. The second kappa shape index (κ2) is 8.09. The molecule has 1 aromatic rings. The van der Waals surface area contributed by atoms with Gasteiger partial charge in [-0.25, -0.2) is 8.42 Å². The van der Waals surface area contributed by atoms with Crippen molar-refractivity contribution < 1.29 is 13.2 Å². The highest BCUT2D eigenvalue weighted by Gasteiger charge is 2.31. The molecule has 2 rings (SSSR count). The molecule has 1 amide bonds. The van der Waals surface area contributed by atoms with E-state index in [0.29, 0.717) is 26.2 Å². The van der Waals surface area contributed by atoms with E-state index in [1.54, 1.807) is 4.90 Å². The van der Waals surface area contributed by atoms with Crippen molar-refractivity contribution in [2.45, 2.75) is 32.1 Å². The number of carbonyl (C=O) groups is 1. The first-order valence-corrected chi connectivity index (χ1v) is 10.0. The van der Waals surface area contributed by atoms with Crippen LogP contribution in [0.3, 0.4) is 0 Å². The number of nitrogens with zero attached hydrogens (tertiary/aromatic N) is 2. The summed E-state index contributed by atoms with van der Waals surface area (Å²) in [6.07, 6.45) is 0.846. The fraction of sp³-hybridized carbons (Fsp3) is 0.588. The lowest BCUT2D eigenvalue weighted by molar-refractivity contribution is -0.134. The van der Waals surface area contributed by atoms with Gasteiger partial charge in [0.25, 0.3) is 0 Å². The Hall–Kier alpha value is -1.44. The first-order valence-electron chi connectivity index (χ1n) is 8.41. The van der Waals surface area contributed by atoms with Gasteiger partial charge in [0, 0.05) is 26.2 Å². The Labute approximate surface area is 144 Å². The Bertz CT molecular complexity index is 640. The molecular formula is C17H27N3O3S. The Morgan fingerprint density at radius 1 is 1.17 bits per heavy atom. The molecule has 1 fully saturated rings. The highest BCUT2D eigenvalue weighted by Crippen LogP contribution is 2.15. The van der Waals surface area contributed by atoms with E-state index in [9.17, 15) is 13.2 Å². The van der Waals surface area contributed by atoms with Crippen LogP contribution in [0.5, 0.6) is 0 Å². The summed E-state index contributed by atoms with van der Waals surface area (Å²) in [5, 5.41) is 0. The second-order valence-corrected chi connectivity index (χ2v) is 8.35. The number of piperazine rings is 1. The summed E-state index contributed by atoms with van der Waals surface area (Å²) >= 11 is 0. The van der Waals surface area contributed by atoms with Crippen LogP contribution in [0.15, 0.2) is 30.3 Å². The normalized spacial score (nSPS) is 19.0. The van der Waals surface area contributed by atoms with Crippen LogP contribution in [0, 0.1) is 5.92 Å². The zero-order valence-corrected chi connectivity index (χ0v) is 15.2. The monoisotopic (exact) mass is 353 g/mol. The third-order valence-electron chi connectivity index (χ3n) is 4.68. The maximum atomic E-state index is 12.5. The summed E-state index contributed by atoms with van der Waals surface area (Å²) in [4.78, 5) is 14.1. The molecule has 6 nitrogen and oxygen atoms in total. The molecule has 0 spiro atoms. The van der Waals surface area contributed by atoms with Crippen molar-refractivity contribution in [3.8, 4) is 0 Å². The first-order chi connectivity index (χ1) is 11.3. The van der Waals surface area contributed by atoms with Crippen LogP contribution < -0.4 is 5.73 Å². The topological polar surface area (TPSA) is 83.7 Å². The van der Waals surface area contributed by atoms with E-state index < -0.39 is 16.1 Å². The maximum Gasteiger partial charge on any atom is 0.239 e. The SMILES string of the molecule is CCC(C)C(N)C(=O)N1CCN(S(=O)(=O)Cc2ccccc2)CC1. The average Bonchev–Trinajstić information content (AvgIpc) is 2.60. The van der Waals surface area contributed by atoms with Crippen molar-refractivity contribution in [2.24, 2.45) is 11.7 Å². The molecule has 24 heavy (non-hydrogen) atoms. The van der Waals surface area contributed by atoms with Gasteiger partial charge in [0.1, 0.15) is 0 Å². The van der Waals surface area contributed by atoms with E-state index in [1.807, 2.05) is 44.2 Å². The molecule has 1 aromatic carbocycles. The fourth-order valence-corrected chi connectivity index (χ4v) is 4.29. The van der Waals surface area contributed by atoms with Gasteiger partial charge in [0.15, 0.2) is 0 Å². The third kappa shape index (κ3) is 4.55. The van der Waals surface area contributed by atoms with Crippen LogP contribution in [0.2, 0.25) is 0 Å². The highest BCUT2D eigenvalue weighted by atomic mass is 32.2. The number of rotatable bonds is 6. The lowest BCUT2D eigenvalue weighted by Gasteiger charge is -2.36. The predicted molar refractivity (Wildman–Crippen MR) is 94.6 cm³/mol. The number of hydrogen-bond acceptors (Lipinski definition) is 4. The molecule has 0 aliphatic carbocycles. The van der Waals surface area contributed by atoms with Crippen LogP contribution in [-0.2, 0) is 20.6 Å². The Balaban J connectivity index is 1.93. The van der Waals surface area contributed by atoms with Crippen LogP contribution >= 0.6 is 0 Å². The summed E-state index contributed by atoms with van der Waals surface area (Å²) in [6.45, 7) is 5.42. The average molecular weight is 353 g/mol. The minimum Gasteiger partial charge on any atom is -0.339 e. The summed E-state index contributed by atoms with van der Waals surface area (Å²) in [7, 11) is -3.36. The quantitative estimate of drug-likeness (QED) is 0.828. The zero-order chi connectivity index (χ0) is 17.7. The van der Waals surface area contributed by atoms with Crippen LogP contribution in [0.25, 0.3) is 0 Å². The smallest absolute Gasteiger partial charge is 0.239 e. The van der Waals surface area contributed by atoms with Gasteiger partial charge in [-0.3, -0.25) is 4.79 Å². The third-order valence-corrected chi connectivity index (χ3v) is 6.53. The molecular weight excluding hydrogens is 326 g/mol. The van der Waals surface area contributed by atoms with Gasteiger partial charge in [0.2, 0.25) is 15.9 Å². The Kier molecular flexibility index (Phi) is 6.37. The molecule has 1 heterocycles. The van der Waals surface area contributed by atoms with Crippen molar-refractivity contribution in [2.75, 3.05) is 26.2 Å². The molecule has 2 N–H and O–H groups in total. The Morgan fingerprint density at radius 2 is 1.75 bits per heavy atom. The van der Waals surface area contributed by atoms with Crippen LogP contribution in [0.1, 0.15) is 25.8 Å². The van der Waals surface area contributed by atoms with Gasteiger partial charge in [-0.1, -0.05) is 50.6 Å². The number of sulfonamides is 1. The molecule has 0 radical (unpaired) electrons. The van der Waals surface area contributed by atoms with E-state index in [4.69, 9.17) is 5.73 Å². The van der Waals surface area contributed by atoms with Crippen molar-refractivity contribution in [3.63, 3.8) is 0 Å². The molecule has 7 heteroatoms. The number of nitrogens with two attached hydrogens (primary N) is 1. The van der Waals surface area contributed by atoms with Crippen molar-refractivity contribution in [3.05, 3.63) is 35.9 Å². The number of hydrogen-bond donors (Lipinski definition) is 1. The number of carbonyl (C=O) groups excluding carboxylic acids is 1. The van der Waals surface area contributed by atoms with Gasteiger partial charge >= 0.3 is 0 Å². The van der Waals surface area contributed by atoms with Gasteiger partial charge < -0.3 is 10.6 Å².